The van der Waals surface area contributed by atoms with E-state index in [9.17, 15) is 24.6 Å². The number of nitrogens with one attached hydrogen (secondary N) is 2. The van der Waals surface area contributed by atoms with Gasteiger partial charge in [-0.25, -0.2) is 9.59 Å². The van der Waals surface area contributed by atoms with Crippen LogP contribution in [0.4, 0.5) is 4.79 Å². The van der Waals surface area contributed by atoms with Crippen molar-refractivity contribution in [2.75, 3.05) is 13.2 Å². The van der Waals surface area contributed by atoms with Crippen LogP contribution in [-0.2, 0) is 14.3 Å². The van der Waals surface area contributed by atoms with Gasteiger partial charge in [0, 0.05) is 12.5 Å². The molecule has 4 rings (SSSR count). The molecule has 1 saturated carbocycles. The fourth-order valence-electron chi connectivity index (χ4n) is 5.18. The fraction of sp³-hybridized carbons (Fsp3) is 0.444. The fourth-order valence-corrected chi connectivity index (χ4v) is 5.18. The second-order valence-electron chi connectivity index (χ2n) is 9.41. The van der Waals surface area contributed by atoms with E-state index < -0.39 is 29.6 Å². The van der Waals surface area contributed by atoms with Crippen LogP contribution >= 0.6 is 0 Å². The number of ether oxygens (including phenoxy) is 1. The van der Waals surface area contributed by atoms with E-state index in [1.54, 1.807) is 0 Å². The van der Waals surface area contributed by atoms with Crippen molar-refractivity contribution >= 4 is 18.0 Å². The third-order valence-electron chi connectivity index (χ3n) is 6.99. The van der Waals surface area contributed by atoms with Gasteiger partial charge in [-0.1, -0.05) is 74.2 Å². The Morgan fingerprint density at radius 2 is 1.51 bits per heavy atom. The van der Waals surface area contributed by atoms with E-state index in [1.165, 1.54) is 0 Å². The molecule has 1 fully saturated rings. The summed E-state index contributed by atoms with van der Waals surface area (Å²) in [6.45, 7) is -0.0261. The molecule has 2 aliphatic rings. The highest BCUT2D eigenvalue weighted by atomic mass is 16.5. The Bertz CT molecular complexity index is 1030. The Labute approximate surface area is 204 Å². The minimum Gasteiger partial charge on any atom is -0.480 e. The molecule has 0 radical (unpaired) electrons. The van der Waals surface area contributed by atoms with Gasteiger partial charge < -0.3 is 25.6 Å². The number of alkyl carbamates (subject to hydrolysis) is 1. The third-order valence-corrected chi connectivity index (χ3v) is 6.99. The number of carbonyl (C=O) groups is 3. The standard InChI is InChI=1S/C27H32N2O6/c30-18(15-24(31)29-27(25(32)33)13-7-1-2-8-14-27)16-28-26(34)35-17-23-21-11-5-3-9-19(21)20-10-4-6-12-22(20)23/h3-6,9-12,18,23,30H,1-2,7-8,13-17H2,(H,28,34)(H,29,31)(H,32,33). The van der Waals surface area contributed by atoms with Gasteiger partial charge in [0.15, 0.2) is 0 Å². The number of aliphatic carboxylic acids is 1. The molecule has 8 heteroatoms. The molecule has 0 heterocycles. The van der Waals surface area contributed by atoms with Crippen molar-refractivity contribution in [3.63, 3.8) is 0 Å². The molecule has 2 aliphatic carbocycles. The predicted molar refractivity (Wildman–Crippen MR) is 130 cm³/mol. The second kappa shape index (κ2) is 10.9. The maximum Gasteiger partial charge on any atom is 0.407 e. The summed E-state index contributed by atoms with van der Waals surface area (Å²) in [6, 6.07) is 16.1. The van der Waals surface area contributed by atoms with Crippen LogP contribution in [0.15, 0.2) is 48.5 Å². The minimum atomic E-state index is -1.28. The van der Waals surface area contributed by atoms with Crippen LogP contribution in [-0.4, -0.2) is 53.0 Å². The van der Waals surface area contributed by atoms with E-state index >= 15 is 0 Å². The number of benzene rings is 2. The van der Waals surface area contributed by atoms with Crippen LogP contribution in [0.25, 0.3) is 11.1 Å². The molecule has 0 bridgehead atoms. The normalized spacial score (nSPS) is 17.4. The molecular formula is C27H32N2O6. The van der Waals surface area contributed by atoms with Crippen LogP contribution in [0, 0.1) is 0 Å². The molecule has 2 amide bonds. The summed E-state index contributed by atoms with van der Waals surface area (Å²) in [5.74, 6) is -1.66. The number of rotatable bonds is 8. The predicted octanol–water partition coefficient (Wildman–Crippen LogP) is 3.57. The lowest BCUT2D eigenvalue weighted by atomic mass is 9.90. The molecule has 2 aromatic carbocycles. The highest BCUT2D eigenvalue weighted by molar-refractivity contribution is 5.87. The maximum absolute atomic E-state index is 12.4. The Kier molecular flexibility index (Phi) is 7.70. The molecule has 8 nitrogen and oxygen atoms in total. The van der Waals surface area contributed by atoms with Crippen molar-refractivity contribution in [3.8, 4) is 11.1 Å². The molecule has 1 unspecified atom stereocenters. The summed E-state index contributed by atoms with van der Waals surface area (Å²) in [4.78, 5) is 36.6. The molecule has 4 N–H and O–H groups in total. The maximum atomic E-state index is 12.4. The zero-order valence-corrected chi connectivity index (χ0v) is 19.7. The first-order valence-corrected chi connectivity index (χ1v) is 12.2. The summed E-state index contributed by atoms with van der Waals surface area (Å²) in [7, 11) is 0. The first kappa shape index (κ1) is 24.7. The smallest absolute Gasteiger partial charge is 0.407 e. The zero-order valence-electron chi connectivity index (χ0n) is 19.7. The van der Waals surface area contributed by atoms with Crippen molar-refractivity contribution in [1.82, 2.24) is 10.6 Å². The van der Waals surface area contributed by atoms with Gasteiger partial charge in [-0.3, -0.25) is 4.79 Å². The van der Waals surface area contributed by atoms with E-state index in [2.05, 4.69) is 22.8 Å². The number of aliphatic hydroxyl groups excluding tert-OH is 1. The number of hydrogen-bond donors (Lipinski definition) is 4. The van der Waals surface area contributed by atoms with E-state index in [-0.39, 0.29) is 25.5 Å². The first-order valence-electron chi connectivity index (χ1n) is 12.2. The average Bonchev–Trinajstić information content (AvgIpc) is 2.97. The van der Waals surface area contributed by atoms with Crippen molar-refractivity contribution in [2.45, 2.75) is 62.5 Å². The van der Waals surface area contributed by atoms with Gasteiger partial charge in [0.25, 0.3) is 0 Å². The van der Waals surface area contributed by atoms with Gasteiger partial charge in [-0.2, -0.15) is 0 Å². The zero-order chi connectivity index (χ0) is 24.8. The van der Waals surface area contributed by atoms with Gasteiger partial charge in [0.2, 0.25) is 5.91 Å². The molecule has 1 atom stereocenters. The largest absolute Gasteiger partial charge is 0.480 e. The third kappa shape index (κ3) is 5.65. The Morgan fingerprint density at radius 3 is 2.09 bits per heavy atom. The topological polar surface area (TPSA) is 125 Å². The van der Waals surface area contributed by atoms with E-state index in [0.717, 1.165) is 47.9 Å². The first-order chi connectivity index (χ1) is 16.9. The number of carboxylic acids is 1. The highest BCUT2D eigenvalue weighted by Gasteiger charge is 2.40. The molecule has 186 valence electrons. The van der Waals surface area contributed by atoms with Gasteiger partial charge in [-0.15, -0.1) is 0 Å². The highest BCUT2D eigenvalue weighted by Crippen LogP contribution is 2.44. The van der Waals surface area contributed by atoms with Gasteiger partial charge in [0.1, 0.15) is 12.1 Å². The monoisotopic (exact) mass is 480 g/mol. The second-order valence-corrected chi connectivity index (χ2v) is 9.41. The lowest BCUT2D eigenvalue weighted by Crippen LogP contribution is -2.55. The number of amides is 2. The number of carbonyl (C=O) groups excluding carboxylic acids is 2. The Balaban J connectivity index is 1.25. The molecule has 0 saturated heterocycles. The van der Waals surface area contributed by atoms with Gasteiger partial charge in [0.05, 0.1) is 12.5 Å². The minimum absolute atomic E-state index is 0.0735. The number of fused-ring (bicyclic) bond motifs is 3. The number of carboxylic acid groups (broad SMARTS) is 1. The average molecular weight is 481 g/mol. The molecular weight excluding hydrogens is 448 g/mol. The van der Waals surface area contributed by atoms with Crippen LogP contribution in [0.3, 0.4) is 0 Å². The summed E-state index contributed by atoms with van der Waals surface area (Å²) in [5, 5.41) is 25.1. The van der Waals surface area contributed by atoms with E-state index in [1.807, 2.05) is 36.4 Å². The van der Waals surface area contributed by atoms with Crippen molar-refractivity contribution < 1.29 is 29.3 Å². The van der Waals surface area contributed by atoms with Gasteiger partial charge >= 0.3 is 12.1 Å². The summed E-state index contributed by atoms with van der Waals surface area (Å²) in [6.07, 6.45) is 1.96. The number of hydrogen-bond acceptors (Lipinski definition) is 5. The van der Waals surface area contributed by atoms with E-state index in [4.69, 9.17) is 4.74 Å². The summed E-state index contributed by atoms with van der Waals surface area (Å²) < 4.78 is 5.44. The van der Waals surface area contributed by atoms with E-state index in [0.29, 0.717) is 12.8 Å². The van der Waals surface area contributed by atoms with Crippen LogP contribution in [0.5, 0.6) is 0 Å². The lowest BCUT2D eigenvalue weighted by molar-refractivity contribution is -0.148. The molecule has 2 aromatic rings. The Morgan fingerprint density at radius 1 is 0.943 bits per heavy atom. The molecule has 0 aromatic heterocycles. The Hall–Kier alpha value is -3.39. The molecule has 0 spiro atoms. The quantitative estimate of drug-likeness (QED) is 0.428. The molecule has 0 aliphatic heterocycles. The SMILES string of the molecule is O=C(CC(O)CNC(=O)OCC1c2ccccc2-c2ccccc21)NC1(C(=O)O)CCCCCC1. The molecule has 35 heavy (non-hydrogen) atoms. The lowest BCUT2D eigenvalue weighted by Gasteiger charge is -2.29. The summed E-state index contributed by atoms with van der Waals surface area (Å²) >= 11 is 0. The van der Waals surface area contributed by atoms with Crippen molar-refractivity contribution in [2.24, 2.45) is 0 Å². The summed E-state index contributed by atoms with van der Waals surface area (Å²) in [5.41, 5.74) is 3.18. The number of aliphatic hydroxyl groups is 1. The van der Waals surface area contributed by atoms with Crippen LogP contribution in [0.2, 0.25) is 0 Å². The van der Waals surface area contributed by atoms with Gasteiger partial charge in [-0.05, 0) is 35.1 Å². The van der Waals surface area contributed by atoms with Crippen molar-refractivity contribution in [3.05, 3.63) is 59.7 Å². The van der Waals surface area contributed by atoms with Crippen molar-refractivity contribution in [1.29, 1.82) is 0 Å². The van der Waals surface area contributed by atoms with Crippen LogP contribution in [0.1, 0.15) is 62.0 Å². The van der Waals surface area contributed by atoms with Crippen LogP contribution < -0.4 is 10.6 Å².